The number of methoxy groups -OCH3 is 1. The molecule has 0 atom stereocenters. The Bertz CT molecular complexity index is 603. The molecule has 1 aromatic carbocycles. The fraction of sp³-hybridized carbons (Fsp3) is 0.500. The first kappa shape index (κ1) is 24.6. The molecule has 0 saturated carbocycles. The smallest absolute Gasteiger partial charge is 1.00 e. The molecule has 0 amide bonds. The number of benzene rings is 1. The predicted molar refractivity (Wildman–Crippen MR) is 92.9 cm³/mol. The summed E-state index contributed by atoms with van der Waals surface area (Å²) in [7, 11) is 1.73. The molecule has 0 aliphatic heterocycles. The van der Waals surface area contributed by atoms with Gasteiger partial charge in [-0.1, -0.05) is 0 Å². The van der Waals surface area contributed by atoms with E-state index in [4.69, 9.17) is 8.06 Å². The molecule has 138 valence electrons. The molecule has 1 aliphatic rings. The number of ether oxygens (including phenoxy) is 1. The Morgan fingerprint density at radius 3 is 1.80 bits per heavy atom. The van der Waals surface area contributed by atoms with Gasteiger partial charge in [0.05, 0.1) is 0 Å². The number of rotatable bonds is 4. The molecule has 0 N–H and O–H groups in total. The molecule has 0 fully saturated rings. The summed E-state index contributed by atoms with van der Waals surface area (Å²) < 4.78 is 13.5. The fourth-order valence-corrected chi connectivity index (χ4v) is 3.86. The Kier molecular flexibility index (Phi) is 9.35. The zero-order valence-corrected chi connectivity index (χ0v) is 19.2. The van der Waals surface area contributed by atoms with Gasteiger partial charge < -0.3 is 24.8 Å². The van der Waals surface area contributed by atoms with E-state index in [0.29, 0.717) is 0 Å². The third kappa shape index (κ3) is 6.36. The second-order valence-electron chi connectivity index (χ2n) is 8.08. The van der Waals surface area contributed by atoms with Crippen LogP contribution in [0.25, 0.3) is 0 Å². The van der Waals surface area contributed by atoms with Crippen LogP contribution in [0.5, 0.6) is 11.5 Å². The van der Waals surface area contributed by atoms with Crippen molar-refractivity contribution in [1.82, 2.24) is 0 Å². The van der Waals surface area contributed by atoms with Crippen LogP contribution in [0, 0.1) is 0 Å². The van der Waals surface area contributed by atoms with Crippen molar-refractivity contribution in [1.29, 1.82) is 0 Å². The molecular weight excluding hydrogens is 391 g/mol. The summed E-state index contributed by atoms with van der Waals surface area (Å²) in [4.78, 5) is 0. The molecule has 5 heteroatoms. The zero-order chi connectivity index (χ0) is 17.3. The van der Waals surface area contributed by atoms with Crippen LogP contribution in [0.3, 0.4) is 0 Å². The van der Waals surface area contributed by atoms with E-state index in [1.165, 1.54) is 15.0 Å². The molecule has 0 radical (unpaired) electrons. The summed E-state index contributed by atoms with van der Waals surface area (Å²) >= 11 is -0.593. The van der Waals surface area contributed by atoms with Crippen molar-refractivity contribution >= 4 is 0 Å². The maximum Gasteiger partial charge on any atom is -1.00 e. The van der Waals surface area contributed by atoms with Crippen LogP contribution < -0.4 is 32.9 Å². The largest absolute Gasteiger partial charge is 1.00 e. The van der Waals surface area contributed by atoms with Crippen molar-refractivity contribution in [3.8, 4) is 11.5 Å². The minimum atomic E-state index is -0.593. The van der Waals surface area contributed by atoms with Gasteiger partial charge in [-0.2, -0.15) is 0 Å². The molecule has 1 aliphatic carbocycles. The Balaban J connectivity index is 0.00000288. The molecular formula is C20H28Cl2O2Ti. The number of hydrogen-bond acceptors (Lipinski definition) is 2. The fourth-order valence-electron chi connectivity index (χ4n) is 2.58. The monoisotopic (exact) mass is 418 g/mol. The van der Waals surface area contributed by atoms with Crippen LogP contribution in [-0.2, 0) is 30.4 Å². The van der Waals surface area contributed by atoms with Gasteiger partial charge in [0.15, 0.2) is 0 Å². The topological polar surface area (TPSA) is 18.5 Å². The molecule has 0 aromatic heterocycles. The Morgan fingerprint density at radius 1 is 0.920 bits per heavy atom. The van der Waals surface area contributed by atoms with Gasteiger partial charge >= 0.3 is 150 Å². The van der Waals surface area contributed by atoms with Gasteiger partial charge in [0.2, 0.25) is 0 Å². The van der Waals surface area contributed by atoms with Gasteiger partial charge in [-0.3, -0.25) is 0 Å². The van der Waals surface area contributed by atoms with E-state index in [9.17, 15) is 0 Å². The van der Waals surface area contributed by atoms with Gasteiger partial charge in [-0.15, -0.1) is 0 Å². The second kappa shape index (κ2) is 9.51. The van der Waals surface area contributed by atoms with Crippen LogP contribution in [0.1, 0.15) is 59.1 Å². The van der Waals surface area contributed by atoms with Gasteiger partial charge in [0, 0.05) is 0 Å². The quantitative estimate of drug-likeness (QED) is 0.615. The van der Waals surface area contributed by atoms with Crippen molar-refractivity contribution in [3.05, 3.63) is 45.4 Å². The molecule has 0 unspecified atom stereocenters. The van der Waals surface area contributed by atoms with Crippen LogP contribution in [0.2, 0.25) is 0 Å². The molecule has 0 heterocycles. The standard InChI is InChI=1S/C15H24O2.C5H5.2ClH.Ti/c1-14(2,3)11-8-10(17-7)9-12(13(11)16)15(4,5)6;1-2-4-5-3-1;;;/h8-9,16H,1-7H3;1-3H,4H2;2*1H;/q;;;;+3/p-3. The van der Waals surface area contributed by atoms with Crippen LogP contribution in [0.15, 0.2) is 34.2 Å². The van der Waals surface area contributed by atoms with Crippen molar-refractivity contribution in [3.63, 3.8) is 0 Å². The summed E-state index contributed by atoms with van der Waals surface area (Å²) in [5.41, 5.74) is 2.49. The van der Waals surface area contributed by atoms with E-state index >= 15 is 0 Å². The van der Waals surface area contributed by atoms with Crippen LogP contribution in [-0.4, -0.2) is 7.11 Å². The second-order valence-corrected chi connectivity index (χ2v) is 9.72. The Morgan fingerprint density at radius 2 is 1.44 bits per heavy atom. The van der Waals surface area contributed by atoms with Crippen molar-refractivity contribution < 1.29 is 52.4 Å². The minimum absolute atomic E-state index is 0. The Labute approximate surface area is 174 Å². The molecule has 0 spiro atoms. The molecule has 2 rings (SSSR count). The van der Waals surface area contributed by atoms with E-state index in [1.54, 1.807) is 7.11 Å². The number of allylic oxidation sites excluding steroid dienone is 4. The van der Waals surface area contributed by atoms with Gasteiger partial charge in [-0.25, -0.2) is 0 Å². The zero-order valence-electron chi connectivity index (χ0n) is 16.2. The van der Waals surface area contributed by atoms with Crippen molar-refractivity contribution in [2.45, 2.75) is 58.8 Å². The van der Waals surface area contributed by atoms with Crippen LogP contribution in [0.4, 0.5) is 0 Å². The molecule has 0 saturated heterocycles. The first-order valence-electron chi connectivity index (χ1n) is 8.14. The molecule has 25 heavy (non-hydrogen) atoms. The molecule has 2 nitrogen and oxygen atoms in total. The molecule has 0 bridgehead atoms. The minimum Gasteiger partial charge on any atom is -1.00 e. The summed E-state index contributed by atoms with van der Waals surface area (Å²) in [6.07, 6.45) is 7.58. The van der Waals surface area contributed by atoms with E-state index in [-0.39, 0.29) is 35.6 Å². The van der Waals surface area contributed by atoms with E-state index < -0.39 is 19.5 Å². The SMILES string of the molecule is COc1cc(C(C)(C)C)c([O][Ti+2][C]2=CC=CC2)c(C(C)(C)C)c1.[Cl-].[Cl-]. The third-order valence-electron chi connectivity index (χ3n) is 3.97. The van der Waals surface area contributed by atoms with Crippen molar-refractivity contribution in [2.75, 3.05) is 7.11 Å². The maximum absolute atomic E-state index is 6.47. The Hall–Kier alpha value is -0.406. The van der Waals surface area contributed by atoms with Gasteiger partial charge in [0.25, 0.3) is 0 Å². The van der Waals surface area contributed by atoms with E-state index in [1.807, 2.05) is 0 Å². The summed E-state index contributed by atoms with van der Waals surface area (Å²) in [5, 5.41) is 0. The summed E-state index contributed by atoms with van der Waals surface area (Å²) in [6.45, 7) is 13.4. The first-order valence-corrected chi connectivity index (χ1v) is 9.56. The van der Waals surface area contributed by atoms with Gasteiger partial charge in [0.1, 0.15) is 0 Å². The average molecular weight is 419 g/mol. The number of halogens is 2. The van der Waals surface area contributed by atoms with Gasteiger partial charge in [-0.05, 0) is 0 Å². The maximum atomic E-state index is 6.47. The summed E-state index contributed by atoms with van der Waals surface area (Å²) in [5.74, 6) is 1.98. The summed E-state index contributed by atoms with van der Waals surface area (Å²) in [6, 6.07) is 4.27. The van der Waals surface area contributed by atoms with Crippen LogP contribution >= 0.6 is 0 Å². The third-order valence-corrected chi connectivity index (χ3v) is 5.44. The molecule has 1 aromatic rings. The normalized spacial score (nSPS) is 13.3. The van der Waals surface area contributed by atoms with E-state index in [0.717, 1.165) is 17.9 Å². The first-order chi connectivity index (χ1) is 10.6. The number of hydrogen-bond donors (Lipinski definition) is 0. The average Bonchev–Trinajstić information content (AvgIpc) is 2.95. The predicted octanol–water partition coefficient (Wildman–Crippen LogP) is -0.482. The van der Waals surface area contributed by atoms with E-state index in [2.05, 4.69) is 71.9 Å². The van der Waals surface area contributed by atoms with Crippen molar-refractivity contribution in [2.24, 2.45) is 0 Å².